The second-order valence-corrected chi connectivity index (χ2v) is 5.46. The molecule has 1 aliphatic heterocycles. The fourth-order valence-electron chi connectivity index (χ4n) is 2.88. The summed E-state index contributed by atoms with van der Waals surface area (Å²) in [5.74, 6) is 0.513. The number of hydrogen-bond donors (Lipinski definition) is 2. The summed E-state index contributed by atoms with van der Waals surface area (Å²) in [5, 5.41) is 4.11. The van der Waals surface area contributed by atoms with E-state index in [4.69, 9.17) is 4.74 Å². The first-order valence-corrected chi connectivity index (χ1v) is 7.20. The van der Waals surface area contributed by atoms with Gasteiger partial charge in [-0.25, -0.2) is 0 Å². The highest BCUT2D eigenvalue weighted by molar-refractivity contribution is 6.06. The number of aromatic nitrogens is 1. The molecule has 0 radical (unpaired) electrons. The van der Waals surface area contributed by atoms with Crippen molar-refractivity contribution in [3.05, 3.63) is 36.0 Å². The molecule has 2 heterocycles. The Morgan fingerprint density at radius 2 is 2.10 bits per heavy atom. The summed E-state index contributed by atoms with van der Waals surface area (Å²) in [5.41, 5.74) is 1.72. The lowest BCUT2D eigenvalue weighted by atomic mass is 9.93. The molecule has 0 saturated carbocycles. The van der Waals surface area contributed by atoms with Crippen LogP contribution in [0.2, 0.25) is 0 Å². The Kier molecular flexibility index (Phi) is 3.74. The number of carbonyl (C=O) groups excluding carboxylic acids is 1. The van der Waals surface area contributed by atoms with E-state index >= 15 is 0 Å². The first kappa shape index (κ1) is 13.2. The lowest BCUT2D eigenvalue weighted by molar-refractivity contribution is 0.0538. The molecule has 2 aromatic rings. The number of aromatic amines is 1. The van der Waals surface area contributed by atoms with E-state index in [1.54, 1.807) is 6.20 Å². The summed E-state index contributed by atoms with van der Waals surface area (Å²) in [6.07, 6.45) is 3.83. The van der Waals surface area contributed by atoms with E-state index < -0.39 is 0 Å². The van der Waals surface area contributed by atoms with Gasteiger partial charge in [0.1, 0.15) is 0 Å². The molecule has 1 aromatic heterocycles. The molecule has 4 nitrogen and oxygen atoms in total. The molecule has 0 bridgehead atoms. The zero-order valence-corrected chi connectivity index (χ0v) is 11.7. The zero-order valence-electron chi connectivity index (χ0n) is 11.7. The molecule has 4 heteroatoms. The molecule has 2 N–H and O–H groups in total. The minimum Gasteiger partial charge on any atom is -0.381 e. The predicted molar refractivity (Wildman–Crippen MR) is 78.8 cm³/mol. The fourth-order valence-corrected chi connectivity index (χ4v) is 2.88. The highest BCUT2D eigenvalue weighted by Crippen LogP contribution is 2.21. The molecule has 1 aromatic carbocycles. The molecule has 1 saturated heterocycles. The Balaban J connectivity index is 1.72. The van der Waals surface area contributed by atoms with Crippen LogP contribution in [0.5, 0.6) is 0 Å². The Morgan fingerprint density at radius 1 is 1.35 bits per heavy atom. The third-order valence-corrected chi connectivity index (χ3v) is 4.17. The molecule has 1 unspecified atom stereocenters. The number of hydrogen-bond acceptors (Lipinski definition) is 2. The quantitative estimate of drug-likeness (QED) is 0.902. The van der Waals surface area contributed by atoms with E-state index in [-0.39, 0.29) is 11.9 Å². The molecule has 106 valence electrons. The van der Waals surface area contributed by atoms with Crippen molar-refractivity contribution in [2.24, 2.45) is 5.92 Å². The van der Waals surface area contributed by atoms with Gasteiger partial charge >= 0.3 is 0 Å². The van der Waals surface area contributed by atoms with Crippen LogP contribution in [0.4, 0.5) is 0 Å². The van der Waals surface area contributed by atoms with Gasteiger partial charge in [0.05, 0.1) is 5.56 Å². The van der Waals surface area contributed by atoms with Gasteiger partial charge in [-0.2, -0.15) is 0 Å². The normalized spacial score (nSPS) is 18.1. The number of para-hydroxylation sites is 1. The highest BCUT2D eigenvalue weighted by atomic mass is 16.5. The maximum atomic E-state index is 12.4. The van der Waals surface area contributed by atoms with Crippen LogP contribution < -0.4 is 5.32 Å². The second kappa shape index (κ2) is 5.67. The Bertz CT molecular complexity index is 599. The van der Waals surface area contributed by atoms with Gasteiger partial charge in [-0.05, 0) is 31.7 Å². The second-order valence-electron chi connectivity index (χ2n) is 5.46. The monoisotopic (exact) mass is 272 g/mol. The van der Waals surface area contributed by atoms with Crippen molar-refractivity contribution in [2.75, 3.05) is 13.2 Å². The van der Waals surface area contributed by atoms with Gasteiger partial charge in [0.15, 0.2) is 0 Å². The molecule has 1 fully saturated rings. The number of amides is 1. The number of H-pyrrole nitrogens is 1. The van der Waals surface area contributed by atoms with Crippen molar-refractivity contribution in [3.8, 4) is 0 Å². The van der Waals surface area contributed by atoms with Crippen LogP contribution in [-0.2, 0) is 4.74 Å². The molecular weight excluding hydrogens is 252 g/mol. The SMILES string of the molecule is CC(NC(=O)c1c[nH]c2ccccc12)C1CCOCC1. The molecule has 0 aliphatic carbocycles. The molecular formula is C16H20N2O2. The summed E-state index contributed by atoms with van der Waals surface area (Å²) in [6, 6.07) is 8.05. The molecule has 1 atom stereocenters. The third kappa shape index (κ3) is 2.56. The lowest BCUT2D eigenvalue weighted by Gasteiger charge is -2.28. The first-order valence-electron chi connectivity index (χ1n) is 7.20. The molecule has 3 rings (SSSR count). The van der Waals surface area contributed by atoms with Crippen LogP contribution in [0.25, 0.3) is 10.9 Å². The number of rotatable bonds is 3. The number of fused-ring (bicyclic) bond motifs is 1. The maximum absolute atomic E-state index is 12.4. The minimum atomic E-state index is 0.00134. The number of benzene rings is 1. The van der Waals surface area contributed by atoms with E-state index in [1.165, 1.54) is 0 Å². The topological polar surface area (TPSA) is 54.1 Å². The van der Waals surface area contributed by atoms with Gasteiger partial charge < -0.3 is 15.0 Å². The summed E-state index contributed by atoms with van der Waals surface area (Å²) in [7, 11) is 0. The smallest absolute Gasteiger partial charge is 0.253 e. The van der Waals surface area contributed by atoms with Gasteiger partial charge in [-0.15, -0.1) is 0 Å². The lowest BCUT2D eigenvalue weighted by Crippen LogP contribution is -2.40. The predicted octanol–water partition coefficient (Wildman–Crippen LogP) is 2.71. The molecule has 20 heavy (non-hydrogen) atoms. The van der Waals surface area contributed by atoms with E-state index in [9.17, 15) is 4.79 Å². The van der Waals surface area contributed by atoms with Crippen LogP contribution in [0.1, 0.15) is 30.1 Å². The number of nitrogens with one attached hydrogen (secondary N) is 2. The van der Waals surface area contributed by atoms with Gasteiger partial charge in [0.25, 0.3) is 5.91 Å². The summed E-state index contributed by atoms with van der Waals surface area (Å²) in [4.78, 5) is 15.6. The van der Waals surface area contributed by atoms with Crippen LogP contribution in [0.3, 0.4) is 0 Å². The van der Waals surface area contributed by atoms with Crippen molar-refractivity contribution in [2.45, 2.75) is 25.8 Å². The largest absolute Gasteiger partial charge is 0.381 e. The van der Waals surface area contributed by atoms with Crippen molar-refractivity contribution in [1.29, 1.82) is 0 Å². The Hall–Kier alpha value is -1.81. The average Bonchev–Trinajstić information content (AvgIpc) is 2.92. The number of carbonyl (C=O) groups is 1. The summed E-state index contributed by atoms with van der Waals surface area (Å²) < 4.78 is 5.37. The van der Waals surface area contributed by atoms with Crippen molar-refractivity contribution in [1.82, 2.24) is 10.3 Å². The Labute approximate surface area is 118 Å². The van der Waals surface area contributed by atoms with Crippen molar-refractivity contribution < 1.29 is 9.53 Å². The molecule has 0 spiro atoms. The van der Waals surface area contributed by atoms with E-state index in [0.717, 1.165) is 42.5 Å². The standard InChI is InChI=1S/C16H20N2O2/c1-11(12-6-8-20-9-7-12)18-16(19)14-10-17-15-5-3-2-4-13(14)15/h2-5,10-12,17H,6-9H2,1H3,(H,18,19). The summed E-state index contributed by atoms with van der Waals surface area (Å²) in [6.45, 7) is 3.69. The van der Waals surface area contributed by atoms with Crippen LogP contribution in [-0.4, -0.2) is 30.1 Å². The Morgan fingerprint density at radius 3 is 2.90 bits per heavy atom. The summed E-state index contributed by atoms with van der Waals surface area (Å²) >= 11 is 0. The van der Waals surface area contributed by atoms with Gasteiger partial charge in [-0.1, -0.05) is 18.2 Å². The van der Waals surface area contributed by atoms with Crippen molar-refractivity contribution >= 4 is 16.8 Å². The minimum absolute atomic E-state index is 0.00134. The molecule has 1 aliphatic rings. The van der Waals surface area contributed by atoms with Crippen molar-refractivity contribution in [3.63, 3.8) is 0 Å². The van der Waals surface area contributed by atoms with Crippen LogP contribution in [0.15, 0.2) is 30.5 Å². The van der Waals surface area contributed by atoms with E-state index in [2.05, 4.69) is 17.2 Å². The average molecular weight is 272 g/mol. The highest BCUT2D eigenvalue weighted by Gasteiger charge is 2.23. The van der Waals surface area contributed by atoms with Crippen LogP contribution in [0, 0.1) is 5.92 Å². The molecule has 1 amide bonds. The third-order valence-electron chi connectivity index (χ3n) is 4.17. The fraction of sp³-hybridized carbons (Fsp3) is 0.438. The van der Waals surface area contributed by atoms with Crippen LogP contribution >= 0.6 is 0 Å². The first-order chi connectivity index (χ1) is 9.75. The van der Waals surface area contributed by atoms with E-state index in [0.29, 0.717) is 5.92 Å². The number of ether oxygens (including phenoxy) is 1. The zero-order chi connectivity index (χ0) is 13.9. The van der Waals surface area contributed by atoms with Gasteiger partial charge in [0.2, 0.25) is 0 Å². The maximum Gasteiger partial charge on any atom is 0.253 e. The van der Waals surface area contributed by atoms with Gasteiger partial charge in [0, 0.05) is 36.4 Å². The van der Waals surface area contributed by atoms with E-state index in [1.807, 2.05) is 24.3 Å². The van der Waals surface area contributed by atoms with Gasteiger partial charge in [-0.3, -0.25) is 4.79 Å².